The Hall–Kier alpha value is -3.02. The van der Waals surface area contributed by atoms with E-state index in [9.17, 15) is 4.79 Å². The molecule has 0 aliphatic carbocycles. The Morgan fingerprint density at radius 3 is 2.82 bits per heavy atom. The molecule has 33 heavy (non-hydrogen) atoms. The molecular weight excluding hydrogens is 444 g/mol. The summed E-state index contributed by atoms with van der Waals surface area (Å²) in [4.78, 5) is 27.4. The number of thiophene rings is 1. The molecule has 3 aromatic rings. The average molecular weight is 473 g/mol. The van der Waals surface area contributed by atoms with Crippen molar-refractivity contribution in [2.45, 2.75) is 25.7 Å². The van der Waals surface area contributed by atoms with Crippen LogP contribution in [0.1, 0.15) is 25.7 Å². The maximum absolute atomic E-state index is 11.1. The van der Waals surface area contributed by atoms with Gasteiger partial charge in [0, 0.05) is 43.9 Å². The van der Waals surface area contributed by atoms with Gasteiger partial charge in [0.25, 0.3) is 0 Å². The third kappa shape index (κ3) is 5.86. The van der Waals surface area contributed by atoms with Crippen molar-refractivity contribution in [2.24, 2.45) is 0 Å². The average Bonchev–Trinajstić information content (AvgIpc) is 3.28. The maximum atomic E-state index is 11.1. The third-order valence-electron chi connectivity index (χ3n) is 5.37. The number of hydroxylamine groups is 1. The summed E-state index contributed by atoms with van der Waals surface area (Å²) < 4.78 is 11.7. The fraction of sp³-hybridized carbons (Fsp3) is 0.455. The predicted octanol–water partition coefficient (Wildman–Crippen LogP) is 3.08. The van der Waals surface area contributed by atoms with Crippen LogP contribution in [0.15, 0.2) is 24.4 Å². The van der Waals surface area contributed by atoms with E-state index in [2.05, 4.69) is 21.3 Å². The smallest absolute Gasteiger partial charge is 0.243 e. The first-order valence-corrected chi connectivity index (χ1v) is 11.8. The lowest BCUT2D eigenvalue weighted by Crippen LogP contribution is -2.36. The van der Waals surface area contributed by atoms with E-state index in [-0.39, 0.29) is 5.91 Å². The van der Waals surface area contributed by atoms with Gasteiger partial charge in [0.1, 0.15) is 0 Å². The van der Waals surface area contributed by atoms with Crippen LogP contribution >= 0.6 is 11.3 Å². The first-order valence-electron chi connectivity index (χ1n) is 11.0. The van der Waals surface area contributed by atoms with Crippen LogP contribution in [0.2, 0.25) is 0 Å². The van der Waals surface area contributed by atoms with Crippen molar-refractivity contribution in [3.63, 3.8) is 0 Å². The van der Waals surface area contributed by atoms with Crippen LogP contribution in [0, 0.1) is 0 Å². The second kappa shape index (κ2) is 11.2. The minimum atomic E-state index is -0.343. The highest BCUT2D eigenvalue weighted by Crippen LogP contribution is 2.37. The molecular formula is C22H28N6O4S. The number of fused-ring (bicyclic) bond motifs is 1. The Kier molecular flexibility index (Phi) is 7.87. The first-order chi connectivity index (χ1) is 16.2. The largest absolute Gasteiger partial charge is 0.481 e. The van der Waals surface area contributed by atoms with Crippen molar-refractivity contribution in [1.82, 2.24) is 20.4 Å². The molecule has 0 saturated carbocycles. The molecule has 0 radical (unpaired) electrons. The van der Waals surface area contributed by atoms with Gasteiger partial charge in [0.2, 0.25) is 11.8 Å². The lowest BCUT2D eigenvalue weighted by atomic mass is 10.2. The first kappa shape index (κ1) is 23.1. The van der Waals surface area contributed by atoms with Gasteiger partial charge in [0.05, 0.1) is 35.5 Å². The number of ether oxygens (including phenoxy) is 2. The molecule has 0 bridgehead atoms. The van der Waals surface area contributed by atoms with E-state index in [0.717, 1.165) is 65.5 Å². The van der Waals surface area contributed by atoms with Crippen LogP contribution < -0.4 is 20.4 Å². The number of amides is 1. The van der Waals surface area contributed by atoms with E-state index in [4.69, 9.17) is 24.6 Å². The molecule has 4 heterocycles. The molecule has 11 heteroatoms. The standard InChI is InChI=1S/C22H28N6O4S/c1-31-18-7-6-15(14-24-18)21-25-16-13-19(23-8-4-2-3-5-17(29)27-30)33-20(16)22(26-21)28-9-11-32-12-10-28/h6-7,13-14,23,30H,2-5,8-12H2,1H3,(H,27,29). The van der Waals surface area contributed by atoms with Gasteiger partial charge in [-0.2, -0.15) is 0 Å². The topological polar surface area (TPSA) is 122 Å². The van der Waals surface area contributed by atoms with Gasteiger partial charge in [-0.05, 0) is 25.0 Å². The van der Waals surface area contributed by atoms with Crippen molar-refractivity contribution in [2.75, 3.05) is 50.2 Å². The summed E-state index contributed by atoms with van der Waals surface area (Å²) in [6.45, 7) is 3.72. The number of unbranched alkanes of at least 4 members (excludes halogenated alkanes) is 2. The summed E-state index contributed by atoms with van der Waals surface area (Å²) in [5, 5.41) is 13.1. The van der Waals surface area contributed by atoms with Gasteiger partial charge in [-0.25, -0.2) is 20.4 Å². The normalized spacial score (nSPS) is 13.8. The Morgan fingerprint density at radius 1 is 1.24 bits per heavy atom. The highest BCUT2D eigenvalue weighted by Gasteiger charge is 2.20. The summed E-state index contributed by atoms with van der Waals surface area (Å²) in [5.41, 5.74) is 3.39. The van der Waals surface area contributed by atoms with Crippen LogP contribution in [-0.2, 0) is 9.53 Å². The zero-order valence-corrected chi connectivity index (χ0v) is 19.4. The van der Waals surface area contributed by atoms with E-state index in [1.807, 2.05) is 12.1 Å². The van der Waals surface area contributed by atoms with E-state index < -0.39 is 0 Å². The second-order valence-electron chi connectivity index (χ2n) is 7.66. The van der Waals surface area contributed by atoms with Gasteiger partial charge < -0.3 is 19.7 Å². The second-order valence-corrected chi connectivity index (χ2v) is 8.71. The molecule has 1 saturated heterocycles. The Balaban J connectivity index is 1.52. The van der Waals surface area contributed by atoms with Gasteiger partial charge in [-0.3, -0.25) is 10.0 Å². The summed E-state index contributed by atoms with van der Waals surface area (Å²) in [6, 6.07) is 5.78. The number of carbonyl (C=O) groups excluding carboxylic acids is 1. The number of morpholine rings is 1. The van der Waals surface area contributed by atoms with Gasteiger partial charge in [-0.15, -0.1) is 11.3 Å². The number of carbonyl (C=O) groups is 1. The van der Waals surface area contributed by atoms with Crippen molar-refractivity contribution >= 4 is 38.3 Å². The lowest BCUT2D eigenvalue weighted by Gasteiger charge is -2.28. The van der Waals surface area contributed by atoms with Gasteiger partial charge in [0.15, 0.2) is 11.6 Å². The highest BCUT2D eigenvalue weighted by molar-refractivity contribution is 7.23. The number of anilines is 2. The minimum Gasteiger partial charge on any atom is -0.481 e. The molecule has 1 aliphatic heterocycles. The molecule has 10 nitrogen and oxygen atoms in total. The Labute approximate surface area is 195 Å². The number of rotatable bonds is 10. The fourth-order valence-corrected chi connectivity index (χ4v) is 4.65. The van der Waals surface area contributed by atoms with Gasteiger partial charge >= 0.3 is 0 Å². The summed E-state index contributed by atoms with van der Waals surface area (Å²) in [7, 11) is 1.59. The molecule has 0 unspecified atom stereocenters. The number of aromatic nitrogens is 3. The molecule has 0 atom stereocenters. The maximum Gasteiger partial charge on any atom is 0.243 e. The molecule has 0 spiro atoms. The quantitative estimate of drug-likeness (QED) is 0.232. The van der Waals surface area contributed by atoms with Crippen LogP contribution in [0.4, 0.5) is 10.8 Å². The van der Waals surface area contributed by atoms with E-state index >= 15 is 0 Å². The van der Waals surface area contributed by atoms with Gasteiger partial charge in [-0.1, -0.05) is 6.42 Å². The molecule has 4 rings (SSSR count). The van der Waals surface area contributed by atoms with Crippen LogP contribution in [0.25, 0.3) is 21.6 Å². The summed E-state index contributed by atoms with van der Waals surface area (Å²) >= 11 is 1.65. The SMILES string of the molecule is COc1ccc(-c2nc(N3CCOCC3)c3sc(NCCCCCC(=O)NO)cc3n2)cn1. The monoisotopic (exact) mass is 472 g/mol. The minimum absolute atomic E-state index is 0.334. The zero-order valence-electron chi connectivity index (χ0n) is 18.5. The third-order valence-corrected chi connectivity index (χ3v) is 6.45. The molecule has 1 aliphatic rings. The Morgan fingerprint density at radius 2 is 2.09 bits per heavy atom. The molecule has 176 valence electrons. The van der Waals surface area contributed by atoms with E-state index in [1.54, 1.807) is 30.1 Å². The predicted molar refractivity (Wildman–Crippen MR) is 127 cm³/mol. The molecule has 1 fully saturated rings. The van der Waals surface area contributed by atoms with Crippen molar-refractivity contribution in [3.05, 3.63) is 24.4 Å². The number of nitrogens with zero attached hydrogens (tertiary/aromatic N) is 4. The van der Waals surface area contributed by atoms with Crippen LogP contribution in [0.3, 0.4) is 0 Å². The molecule has 0 aromatic carbocycles. The number of pyridine rings is 1. The molecule has 3 aromatic heterocycles. The molecule has 1 amide bonds. The number of hydrogen-bond acceptors (Lipinski definition) is 10. The fourth-order valence-electron chi connectivity index (χ4n) is 3.61. The van der Waals surface area contributed by atoms with Crippen molar-refractivity contribution in [3.8, 4) is 17.3 Å². The number of nitrogens with one attached hydrogen (secondary N) is 2. The van der Waals surface area contributed by atoms with Crippen molar-refractivity contribution in [1.29, 1.82) is 0 Å². The number of hydrogen-bond donors (Lipinski definition) is 3. The summed E-state index contributed by atoms with van der Waals surface area (Å²) in [5.74, 6) is 1.75. The van der Waals surface area contributed by atoms with Crippen LogP contribution in [-0.4, -0.2) is 66.0 Å². The molecule has 3 N–H and O–H groups in total. The van der Waals surface area contributed by atoms with E-state index in [0.29, 0.717) is 31.3 Å². The summed E-state index contributed by atoms with van der Waals surface area (Å²) in [6.07, 6.45) is 4.63. The van der Waals surface area contributed by atoms with Crippen LogP contribution in [0.5, 0.6) is 5.88 Å². The lowest BCUT2D eigenvalue weighted by molar-refractivity contribution is -0.129. The Bertz CT molecular complexity index is 1070. The van der Waals surface area contributed by atoms with E-state index in [1.165, 1.54) is 0 Å². The number of methoxy groups -OCH3 is 1. The van der Waals surface area contributed by atoms with Crippen molar-refractivity contribution < 1.29 is 19.5 Å². The zero-order chi connectivity index (χ0) is 23.0. The highest BCUT2D eigenvalue weighted by atomic mass is 32.1.